The molecule has 0 aliphatic carbocycles. The standard InChI is InChI=1S/C24H38N4OS/c1-3-25-23(26-18-24(30-2)11-13-29-14-12-24)27-20-15-21-9-10-22(16-20)28(21)17-19-7-5-4-6-8-19/h4-8,20-22H,3,9-18H2,1-2H3,(H2,25,26,27). The molecule has 2 unspecified atom stereocenters. The lowest BCUT2D eigenvalue weighted by atomic mass is 9.96. The summed E-state index contributed by atoms with van der Waals surface area (Å²) in [5.41, 5.74) is 1.44. The molecule has 3 saturated heterocycles. The number of rotatable bonds is 7. The number of guanidine groups is 1. The SMILES string of the molecule is CCNC(=NCC1(SC)CCOCC1)NC1CC2CCC(C1)N2Cc1ccccc1. The second-order valence-corrected chi connectivity index (χ2v) is 10.3. The summed E-state index contributed by atoms with van der Waals surface area (Å²) in [5, 5.41) is 7.29. The highest BCUT2D eigenvalue weighted by Gasteiger charge is 2.40. The molecule has 0 aromatic heterocycles. The number of benzene rings is 1. The lowest BCUT2D eigenvalue weighted by molar-refractivity contribution is 0.0794. The molecule has 3 aliphatic heterocycles. The first kappa shape index (κ1) is 22.0. The highest BCUT2D eigenvalue weighted by atomic mass is 32.2. The lowest BCUT2D eigenvalue weighted by Gasteiger charge is -2.40. The van der Waals surface area contributed by atoms with E-state index >= 15 is 0 Å². The summed E-state index contributed by atoms with van der Waals surface area (Å²) in [4.78, 5) is 7.79. The van der Waals surface area contributed by atoms with Crippen LogP contribution < -0.4 is 10.6 Å². The third-order valence-electron chi connectivity index (χ3n) is 7.14. The number of nitrogens with zero attached hydrogens (tertiary/aromatic N) is 2. The number of nitrogens with one attached hydrogen (secondary N) is 2. The predicted octanol–water partition coefficient (Wildman–Crippen LogP) is 3.65. The van der Waals surface area contributed by atoms with Gasteiger partial charge in [-0.05, 0) is 57.3 Å². The average Bonchev–Trinajstić information content (AvgIpc) is 3.01. The van der Waals surface area contributed by atoms with Crippen LogP contribution in [0.2, 0.25) is 0 Å². The van der Waals surface area contributed by atoms with E-state index in [9.17, 15) is 0 Å². The van der Waals surface area contributed by atoms with Crippen molar-refractivity contribution in [2.24, 2.45) is 4.99 Å². The van der Waals surface area contributed by atoms with Gasteiger partial charge in [0.2, 0.25) is 0 Å². The number of hydrogen-bond donors (Lipinski definition) is 2. The van der Waals surface area contributed by atoms with E-state index in [0.717, 1.165) is 51.6 Å². The third-order valence-corrected chi connectivity index (χ3v) is 8.54. The molecule has 3 fully saturated rings. The average molecular weight is 431 g/mol. The molecule has 166 valence electrons. The van der Waals surface area contributed by atoms with Crippen molar-refractivity contribution in [3.05, 3.63) is 35.9 Å². The van der Waals surface area contributed by atoms with Gasteiger partial charge in [0.15, 0.2) is 5.96 Å². The second-order valence-electron chi connectivity index (χ2n) is 9.05. The van der Waals surface area contributed by atoms with E-state index in [1.54, 1.807) is 0 Å². The number of ether oxygens (including phenoxy) is 1. The van der Waals surface area contributed by atoms with Gasteiger partial charge < -0.3 is 15.4 Å². The van der Waals surface area contributed by atoms with Crippen molar-refractivity contribution in [1.82, 2.24) is 15.5 Å². The molecule has 0 amide bonds. The molecular weight excluding hydrogens is 392 g/mol. The van der Waals surface area contributed by atoms with Crippen LogP contribution in [0.15, 0.2) is 35.3 Å². The minimum absolute atomic E-state index is 0.235. The Kier molecular flexibility index (Phi) is 7.60. The van der Waals surface area contributed by atoms with Crippen molar-refractivity contribution in [3.63, 3.8) is 0 Å². The Hall–Kier alpha value is -1.24. The van der Waals surface area contributed by atoms with Gasteiger partial charge in [-0.15, -0.1) is 0 Å². The molecule has 2 atom stereocenters. The van der Waals surface area contributed by atoms with Gasteiger partial charge in [-0.25, -0.2) is 0 Å². The van der Waals surface area contributed by atoms with Gasteiger partial charge in [-0.1, -0.05) is 30.3 Å². The molecule has 1 aromatic rings. The van der Waals surface area contributed by atoms with Crippen LogP contribution in [0.25, 0.3) is 0 Å². The number of thioether (sulfide) groups is 1. The van der Waals surface area contributed by atoms with Crippen LogP contribution in [-0.4, -0.2) is 66.3 Å². The van der Waals surface area contributed by atoms with E-state index in [2.05, 4.69) is 59.0 Å². The van der Waals surface area contributed by atoms with Crippen molar-refractivity contribution >= 4 is 17.7 Å². The molecule has 0 radical (unpaired) electrons. The Morgan fingerprint density at radius 1 is 1.17 bits per heavy atom. The molecule has 1 aromatic carbocycles. The van der Waals surface area contributed by atoms with Gasteiger partial charge in [0, 0.05) is 49.2 Å². The first-order valence-corrected chi connectivity index (χ1v) is 12.9. The zero-order valence-electron chi connectivity index (χ0n) is 18.6. The van der Waals surface area contributed by atoms with Crippen molar-refractivity contribution in [3.8, 4) is 0 Å². The summed E-state index contributed by atoms with van der Waals surface area (Å²) < 4.78 is 5.82. The summed E-state index contributed by atoms with van der Waals surface area (Å²) >= 11 is 1.96. The fraction of sp³-hybridized carbons (Fsp3) is 0.708. The van der Waals surface area contributed by atoms with E-state index in [-0.39, 0.29) is 4.75 Å². The van der Waals surface area contributed by atoms with Crippen molar-refractivity contribution in [1.29, 1.82) is 0 Å². The maximum Gasteiger partial charge on any atom is 0.191 e. The highest BCUT2D eigenvalue weighted by molar-refractivity contribution is 8.00. The van der Waals surface area contributed by atoms with E-state index in [4.69, 9.17) is 9.73 Å². The predicted molar refractivity (Wildman–Crippen MR) is 127 cm³/mol. The van der Waals surface area contributed by atoms with Gasteiger partial charge in [-0.2, -0.15) is 11.8 Å². The molecule has 3 aliphatic rings. The Bertz CT molecular complexity index is 678. The quantitative estimate of drug-likeness (QED) is 0.511. The lowest BCUT2D eigenvalue weighted by Crippen LogP contribution is -2.52. The van der Waals surface area contributed by atoms with Gasteiger partial charge in [0.1, 0.15) is 0 Å². The summed E-state index contributed by atoms with van der Waals surface area (Å²) in [5.74, 6) is 0.998. The second kappa shape index (κ2) is 10.4. The number of aliphatic imine (C=N–C) groups is 1. The summed E-state index contributed by atoms with van der Waals surface area (Å²) in [6.45, 7) is 6.75. The minimum atomic E-state index is 0.235. The summed E-state index contributed by atoms with van der Waals surface area (Å²) in [6.07, 6.45) is 9.52. The molecule has 5 nitrogen and oxygen atoms in total. The molecule has 2 bridgehead atoms. The van der Waals surface area contributed by atoms with Crippen LogP contribution in [-0.2, 0) is 11.3 Å². The van der Waals surface area contributed by atoms with E-state index < -0.39 is 0 Å². The van der Waals surface area contributed by atoms with Crippen LogP contribution in [0.1, 0.15) is 51.0 Å². The molecule has 0 spiro atoms. The van der Waals surface area contributed by atoms with Crippen LogP contribution >= 0.6 is 11.8 Å². The zero-order valence-corrected chi connectivity index (χ0v) is 19.4. The topological polar surface area (TPSA) is 48.9 Å². The van der Waals surface area contributed by atoms with Crippen LogP contribution in [0, 0.1) is 0 Å². The number of piperidine rings is 1. The fourth-order valence-electron chi connectivity index (χ4n) is 5.35. The molecule has 6 heteroatoms. The zero-order chi connectivity index (χ0) is 20.8. The maximum atomic E-state index is 5.59. The summed E-state index contributed by atoms with van der Waals surface area (Å²) in [7, 11) is 0. The smallest absolute Gasteiger partial charge is 0.191 e. The highest BCUT2D eigenvalue weighted by Crippen LogP contribution is 2.37. The van der Waals surface area contributed by atoms with Crippen LogP contribution in [0.4, 0.5) is 0 Å². The Morgan fingerprint density at radius 2 is 1.87 bits per heavy atom. The van der Waals surface area contributed by atoms with E-state index in [1.165, 1.54) is 31.2 Å². The monoisotopic (exact) mass is 430 g/mol. The van der Waals surface area contributed by atoms with Crippen LogP contribution in [0.3, 0.4) is 0 Å². The molecular formula is C24H38N4OS. The van der Waals surface area contributed by atoms with E-state index in [1.807, 2.05) is 11.8 Å². The normalized spacial score (nSPS) is 29.0. The largest absolute Gasteiger partial charge is 0.381 e. The Balaban J connectivity index is 1.36. The van der Waals surface area contributed by atoms with Crippen molar-refractivity contribution in [2.45, 2.75) is 74.9 Å². The van der Waals surface area contributed by atoms with Gasteiger partial charge in [0.05, 0.1) is 6.54 Å². The van der Waals surface area contributed by atoms with Crippen LogP contribution in [0.5, 0.6) is 0 Å². The third kappa shape index (κ3) is 5.32. The van der Waals surface area contributed by atoms with E-state index in [0.29, 0.717) is 18.1 Å². The van der Waals surface area contributed by atoms with Gasteiger partial charge >= 0.3 is 0 Å². The maximum absolute atomic E-state index is 5.59. The summed E-state index contributed by atoms with van der Waals surface area (Å²) in [6, 6.07) is 12.9. The Labute approximate surface area is 186 Å². The minimum Gasteiger partial charge on any atom is -0.381 e. The first-order valence-electron chi connectivity index (χ1n) is 11.7. The van der Waals surface area contributed by atoms with Crippen molar-refractivity contribution in [2.75, 3.05) is 32.6 Å². The van der Waals surface area contributed by atoms with Crippen molar-refractivity contribution < 1.29 is 4.74 Å². The first-order chi connectivity index (χ1) is 14.7. The Morgan fingerprint density at radius 3 is 2.50 bits per heavy atom. The molecule has 0 saturated carbocycles. The fourth-order valence-corrected chi connectivity index (χ4v) is 6.12. The molecule has 4 rings (SSSR count). The van der Waals surface area contributed by atoms with Gasteiger partial charge in [-0.3, -0.25) is 9.89 Å². The molecule has 3 heterocycles. The van der Waals surface area contributed by atoms with Gasteiger partial charge in [0.25, 0.3) is 0 Å². The molecule has 2 N–H and O–H groups in total. The molecule has 30 heavy (non-hydrogen) atoms. The number of hydrogen-bond acceptors (Lipinski definition) is 4. The number of fused-ring (bicyclic) bond motifs is 2.